The molecule has 0 spiro atoms. The smallest absolute Gasteiger partial charge is 0.278 e. The summed E-state index contributed by atoms with van der Waals surface area (Å²) in [7, 11) is 0. The first-order valence-corrected chi connectivity index (χ1v) is 10.7. The average molecular weight is 436 g/mol. The first-order chi connectivity index (χ1) is 15.3. The third kappa shape index (κ3) is 5.23. The Labute approximate surface area is 188 Å². The fraction of sp³-hybridized carbons (Fsp3) is 0.320. The standard InChI is InChI=1S/C25H29N3O4/c1-5-32-14-6-13-28-24(30)22(19-9-11-20(12-10-19)26-18(4)29)23(25(28)31)27-21-15-16(2)7-8-17(21)3/h7-12,15,27H,5-6,13-14H2,1-4H3,(H,26,29). The number of carbonyl (C=O) groups is 3. The lowest BCUT2D eigenvalue weighted by Crippen LogP contribution is -2.34. The normalized spacial score (nSPS) is 13.7. The average Bonchev–Trinajstić information content (AvgIpc) is 2.98. The second-order valence-corrected chi connectivity index (χ2v) is 7.76. The number of amides is 3. The molecule has 7 heteroatoms. The zero-order chi connectivity index (χ0) is 23.3. The van der Waals surface area contributed by atoms with Crippen molar-refractivity contribution in [3.63, 3.8) is 0 Å². The minimum absolute atomic E-state index is 0.179. The van der Waals surface area contributed by atoms with Crippen molar-refractivity contribution in [3.05, 3.63) is 64.9 Å². The molecule has 1 aliphatic heterocycles. The van der Waals surface area contributed by atoms with Crippen LogP contribution < -0.4 is 10.6 Å². The number of hydrogen-bond acceptors (Lipinski definition) is 5. The third-order valence-electron chi connectivity index (χ3n) is 5.19. The first kappa shape index (κ1) is 23.2. The Bertz CT molecular complexity index is 1060. The summed E-state index contributed by atoms with van der Waals surface area (Å²) in [6.07, 6.45) is 0.566. The number of ether oxygens (including phenoxy) is 1. The van der Waals surface area contributed by atoms with Gasteiger partial charge in [-0.15, -0.1) is 0 Å². The van der Waals surface area contributed by atoms with Crippen LogP contribution >= 0.6 is 0 Å². The van der Waals surface area contributed by atoms with Crippen LogP contribution in [0.25, 0.3) is 5.57 Å². The summed E-state index contributed by atoms with van der Waals surface area (Å²) in [6, 6.07) is 12.8. The van der Waals surface area contributed by atoms with Crippen molar-refractivity contribution in [2.24, 2.45) is 0 Å². The maximum Gasteiger partial charge on any atom is 0.278 e. The summed E-state index contributed by atoms with van der Waals surface area (Å²) in [5.41, 5.74) is 4.61. The molecule has 2 N–H and O–H groups in total. The van der Waals surface area contributed by atoms with Gasteiger partial charge in [-0.1, -0.05) is 24.3 Å². The van der Waals surface area contributed by atoms with Gasteiger partial charge in [-0.3, -0.25) is 19.3 Å². The number of anilines is 2. The molecule has 3 amide bonds. The molecule has 3 rings (SSSR count). The van der Waals surface area contributed by atoms with Crippen molar-refractivity contribution in [1.29, 1.82) is 0 Å². The predicted octanol–water partition coefficient (Wildman–Crippen LogP) is 3.88. The highest BCUT2D eigenvalue weighted by atomic mass is 16.5. The second-order valence-electron chi connectivity index (χ2n) is 7.76. The zero-order valence-corrected chi connectivity index (χ0v) is 19.0. The highest BCUT2D eigenvalue weighted by Crippen LogP contribution is 2.32. The highest BCUT2D eigenvalue weighted by molar-refractivity contribution is 6.36. The molecule has 0 saturated carbocycles. The molecule has 1 aliphatic rings. The summed E-state index contributed by atoms with van der Waals surface area (Å²) in [6.45, 7) is 8.61. The van der Waals surface area contributed by atoms with Gasteiger partial charge in [0.15, 0.2) is 0 Å². The van der Waals surface area contributed by atoms with Gasteiger partial charge < -0.3 is 15.4 Å². The van der Waals surface area contributed by atoms with E-state index in [4.69, 9.17) is 4.74 Å². The number of rotatable bonds is 9. The van der Waals surface area contributed by atoms with E-state index in [1.807, 2.05) is 39.0 Å². The molecule has 32 heavy (non-hydrogen) atoms. The van der Waals surface area contributed by atoms with Gasteiger partial charge in [0.1, 0.15) is 5.70 Å². The fourth-order valence-electron chi connectivity index (χ4n) is 3.56. The molecule has 0 fully saturated rings. The second kappa shape index (κ2) is 10.2. The summed E-state index contributed by atoms with van der Waals surface area (Å²) in [5, 5.41) is 5.93. The number of nitrogens with one attached hydrogen (secondary N) is 2. The molecule has 2 aromatic rings. The molecule has 2 aromatic carbocycles. The van der Waals surface area contributed by atoms with Gasteiger partial charge in [0, 0.05) is 38.1 Å². The molecule has 0 unspecified atom stereocenters. The number of carbonyl (C=O) groups excluding carboxylic acids is 3. The molecule has 1 heterocycles. The van der Waals surface area contributed by atoms with E-state index < -0.39 is 0 Å². The topological polar surface area (TPSA) is 87.7 Å². The Kier molecular flexibility index (Phi) is 7.43. The van der Waals surface area contributed by atoms with E-state index in [0.29, 0.717) is 36.5 Å². The molecule has 7 nitrogen and oxygen atoms in total. The van der Waals surface area contributed by atoms with E-state index >= 15 is 0 Å². The van der Waals surface area contributed by atoms with Crippen LogP contribution in [0.2, 0.25) is 0 Å². The highest BCUT2D eigenvalue weighted by Gasteiger charge is 2.39. The van der Waals surface area contributed by atoms with Gasteiger partial charge >= 0.3 is 0 Å². The van der Waals surface area contributed by atoms with Crippen LogP contribution in [-0.2, 0) is 19.1 Å². The minimum atomic E-state index is -0.353. The Morgan fingerprint density at radius 3 is 2.41 bits per heavy atom. The van der Waals surface area contributed by atoms with E-state index in [-0.39, 0.29) is 30.0 Å². The van der Waals surface area contributed by atoms with Crippen LogP contribution in [0.15, 0.2) is 48.2 Å². The number of benzene rings is 2. The number of imide groups is 1. The van der Waals surface area contributed by atoms with Crippen molar-refractivity contribution in [1.82, 2.24) is 4.90 Å². The molecular formula is C25H29N3O4. The maximum absolute atomic E-state index is 13.3. The molecule has 0 aromatic heterocycles. The maximum atomic E-state index is 13.3. The van der Waals surface area contributed by atoms with Crippen molar-refractivity contribution >= 4 is 34.7 Å². The van der Waals surface area contributed by atoms with Crippen LogP contribution in [0, 0.1) is 13.8 Å². The van der Waals surface area contributed by atoms with Crippen LogP contribution in [0.1, 0.15) is 37.0 Å². The van der Waals surface area contributed by atoms with Crippen molar-refractivity contribution in [2.45, 2.75) is 34.1 Å². The van der Waals surface area contributed by atoms with Gasteiger partial charge in [0.2, 0.25) is 5.91 Å². The number of aryl methyl sites for hydroxylation is 2. The van der Waals surface area contributed by atoms with E-state index in [1.54, 1.807) is 24.3 Å². The summed E-state index contributed by atoms with van der Waals surface area (Å²) in [5.74, 6) is -0.873. The minimum Gasteiger partial charge on any atom is -0.382 e. The van der Waals surface area contributed by atoms with Gasteiger partial charge in [-0.2, -0.15) is 0 Å². The van der Waals surface area contributed by atoms with Crippen LogP contribution in [0.4, 0.5) is 11.4 Å². The molecular weight excluding hydrogens is 406 g/mol. The molecule has 0 saturated heterocycles. The lowest BCUT2D eigenvalue weighted by atomic mass is 10.0. The van der Waals surface area contributed by atoms with Gasteiger partial charge in [0.05, 0.1) is 5.57 Å². The van der Waals surface area contributed by atoms with E-state index in [1.165, 1.54) is 11.8 Å². The van der Waals surface area contributed by atoms with E-state index in [9.17, 15) is 14.4 Å². The molecule has 0 aliphatic carbocycles. The quantitative estimate of drug-likeness (QED) is 0.461. The van der Waals surface area contributed by atoms with Gasteiger partial charge in [0.25, 0.3) is 11.8 Å². The van der Waals surface area contributed by atoms with E-state index in [0.717, 1.165) is 16.8 Å². The van der Waals surface area contributed by atoms with Crippen LogP contribution in [-0.4, -0.2) is 42.4 Å². The molecule has 168 valence electrons. The van der Waals surface area contributed by atoms with Crippen molar-refractivity contribution in [2.75, 3.05) is 30.4 Å². The SMILES string of the molecule is CCOCCCN1C(=O)C(Nc2cc(C)ccc2C)=C(c2ccc(NC(C)=O)cc2)C1=O. The first-order valence-electron chi connectivity index (χ1n) is 10.7. The monoisotopic (exact) mass is 435 g/mol. The lowest BCUT2D eigenvalue weighted by Gasteiger charge is -2.15. The number of hydrogen-bond donors (Lipinski definition) is 2. The molecule has 0 atom stereocenters. The number of nitrogens with zero attached hydrogens (tertiary/aromatic N) is 1. The summed E-state index contributed by atoms with van der Waals surface area (Å²) in [4.78, 5) is 39.1. The largest absolute Gasteiger partial charge is 0.382 e. The van der Waals surface area contributed by atoms with E-state index in [2.05, 4.69) is 10.6 Å². The Balaban J connectivity index is 1.97. The summed E-state index contributed by atoms with van der Waals surface area (Å²) >= 11 is 0. The predicted molar refractivity (Wildman–Crippen MR) is 125 cm³/mol. The fourth-order valence-corrected chi connectivity index (χ4v) is 3.56. The van der Waals surface area contributed by atoms with Crippen molar-refractivity contribution < 1.29 is 19.1 Å². The lowest BCUT2D eigenvalue weighted by molar-refractivity contribution is -0.137. The molecule has 0 bridgehead atoms. The van der Waals surface area contributed by atoms with Crippen molar-refractivity contribution in [3.8, 4) is 0 Å². The van der Waals surface area contributed by atoms with Crippen LogP contribution in [0.3, 0.4) is 0 Å². The molecule has 0 radical (unpaired) electrons. The zero-order valence-electron chi connectivity index (χ0n) is 19.0. The Morgan fingerprint density at radius 2 is 1.75 bits per heavy atom. The Hall–Kier alpha value is -3.45. The van der Waals surface area contributed by atoms with Crippen LogP contribution in [0.5, 0.6) is 0 Å². The van der Waals surface area contributed by atoms with Gasteiger partial charge in [-0.05, 0) is 62.1 Å². The summed E-state index contributed by atoms with van der Waals surface area (Å²) < 4.78 is 5.36. The van der Waals surface area contributed by atoms with Gasteiger partial charge in [-0.25, -0.2) is 0 Å². The third-order valence-corrected chi connectivity index (χ3v) is 5.19. The Morgan fingerprint density at radius 1 is 1.03 bits per heavy atom.